The highest BCUT2D eigenvalue weighted by atomic mass is 32.2. The SMILES string of the molecule is CCCc1c(NC)ncnc1NCCCCCSC. The van der Waals surface area contributed by atoms with E-state index in [0.717, 1.165) is 31.0 Å². The predicted octanol–water partition coefficient (Wildman–Crippen LogP) is 3.42. The molecule has 1 aromatic heterocycles. The molecule has 0 aliphatic carbocycles. The molecule has 1 rings (SSSR count). The van der Waals surface area contributed by atoms with Crippen molar-refractivity contribution < 1.29 is 0 Å². The van der Waals surface area contributed by atoms with Gasteiger partial charge in [0.2, 0.25) is 0 Å². The Morgan fingerprint density at radius 1 is 1.16 bits per heavy atom. The molecule has 4 nitrogen and oxygen atoms in total. The lowest BCUT2D eigenvalue weighted by Crippen LogP contribution is -2.09. The molecule has 0 radical (unpaired) electrons. The van der Waals surface area contributed by atoms with Gasteiger partial charge in [0.05, 0.1) is 0 Å². The van der Waals surface area contributed by atoms with E-state index in [2.05, 4.69) is 33.8 Å². The Bertz CT molecular complexity index is 357. The van der Waals surface area contributed by atoms with E-state index >= 15 is 0 Å². The number of rotatable bonds is 10. The summed E-state index contributed by atoms with van der Waals surface area (Å²) in [6.07, 6.45) is 9.68. The van der Waals surface area contributed by atoms with Crippen molar-refractivity contribution in [3.63, 3.8) is 0 Å². The van der Waals surface area contributed by atoms with Crippen LogP contribution >= 0.6 is 11.8 Å². The third kappa shape index (κ3) is 5.68. The van der Waals surface area contributed by atoms with E-state index in [1.54, 1.807) is 6.33 Å². The molecule has 1 heterocycles. The largest absolute Gasteiger partial charge is 0.373 e. The Kier molecular flexibility index (Phi) is 8.38. The summed E-state index contributed by atoms with van der Waals surface area (Å²) >= 11 is 1.92. The Morgan fingerprint density at radius 2 is 1.95 bits per heavy atom. The van der Waals surface area contributed by atoms with E-state index in [1.165, 1.54) is 30.6 Å². The quantitative estimate of drug-likeness (QED) is 0.644. The number of aromatic nitrogens is 2. The van der Waals surface area contributed by atoms with Gasteiger partial charge in [-0.2, -0.15) is 11.8 Å². The summed E-state index contributed by atoms with van der Waals surface area (Å²) in [6.45, 7) is 3.17. The summed E-state index contributed by atoms with van der Waals surface area (Å²) in [5.41, 5.74) is 1.21. The number of anilines is 2. The molecule has 0 bridgehead atoms. The van der Waals surface area contributed by atoms with Crippen LogP contribution in [0, 0.1) is 0 Å². The van der Waals surface area contributed by atoms with Crippen LogP contribution < -0.4 is 10.6 Å². The number of thioether (sulfide) groups is 1. The first kappa shape index (κ1) is 16.1. The van der Waals surface area contributed by atoms with E-state index in [4.69, 9.17) is 0 Å². The first-order valence-electron chi connectivity index (χ1n) is 7.07. The Hall–Kier alpha value is -0.970. The third-order valence-electron chi connectivity index (χ3n) is 3.00. The molecular formula is C14H26N4S. The van der Waals surface area contributed by atoms with Gasteiger partial charge in [-0.1, -0.05) is 19.8 Å². The minimum absolute atomic E-state index is 0.946. The normalized spacial score (nSPS) is 10.5. The molecule has 1 aromatic rings. The Morgan fingerprint density at radius 3 is 2.63 bits per heavy atom. The van der Waals surface area contributed by atoms with E-state index < -0.39 is 0 Å². The molecule has 0 spiro atoms. The van der Waals surface area contributed by atoms with Crippen LogP contribution in [0.15, 0.2) is 6.33 Å². The van der Waals surface area contributed by atoms with Gasteiger partial charge in [-0.05, 0) is 31.3 Å². The number of hydrogen-bond acceptors (Lipinski definition) is 5. The standard InChI is InChI=1S/C14H26N4S/c1-4-8-12-13(15-2)17-11-18-14(12)16-9-6-5-7-10-19-3/h11H,4-10H2,1-3H3,(H2,15,16,17,18). The van der Waals surface area contributed by atoms with Gasteiger partial charge in [0.1, 0.15) is 18.0 Å². The number of hydrogen-bond donors (Lipinski definition) is 2. The molecule has 0 saturated heterocycles. The highest BCUT2D eigenvalue weighted by molar-refractivity contribution is 7.98. The van der Waals surface area contributed by atoms with Crippen LogP contribution in [0.3, 0.4) is 0 Å². The van der Waals surface area contributed by atoms with Crippen LogP contribution in [-0.4, -0.2) is 35.6 Å². The second kappa shape index (κ2) is 9.89. The fourth-order valence-corrected chi connectivity index (χ4v) is 2.51. The zero-order chi connectivity index (χ0) is 13.9. The zero-order valence-electron chi connectivity index (χ0n) is 12.3. The van der Waals surface area contributed by atoms with Gasteiger partial charge in [-0.3, -0.25) is 0 Å². The highest BCUT2D eigenvalue weighted by Crippen LogP contribution is 2.21. The molecule has 0 aromatic carbocycles. The van der Waals surface area contributed by atoms with Gasteiger partial charge in [0.15, 0.2) is 0 Å². The second-order valence-electron chi connectivity index (χ2n) is 4.53. The molecule has 0 aliphatic heterocycles. The molecular weight excluding hydrogens is 256 g/mol. The molecule has 0 unspecified atom stereocenters. The molecule has 5 heteroatoms. The molecule has 2 N–H and O–H groups in total. The zero-order valence-corrected chi connectivity index (χ0v) is 13.1. The van der Waals surface area contributed by atoms with Crippen LogP contribution in [0.25, 0.3) is 0 Å². The van der Waals surface area contributed by atoms with Crippen molar-refractivity contribution in [1.82, 2.24) is 9.97 Å². The van der Waals surface area contributed by atoms with Crippen LogP contribution in [-0.2, 0) is 6.42 Å². The molecule has 0 atom stereocenters. The molecule has 0 fully saturated rings. The lowest BCUT2D eigenvalue weighted by atomic mass is 10.1. The van der Waals surface area contributed by atoms with Crippen molar-refractivity contribution in [1.29, 1.82) is 0 Å². The van der Waals surface area contributed by atoms with Crippen LogP contribution in [0.1, 0.15) is 38.2 Å². The van der Waals surface area contributed by atoms with Crippen LogP contribution in [0.5, 0.6) is 0 Å². The summed E-state index contributed by atoms with van der Waals surface area (Å²) in [7, 11) is 1.91. The van der Waals surface area contributed by atoms with Crippen molar-refractivity contribution in [3.8, 4) is 0 Å². The fourth-order valence-electron chi connectivity index (χ4n) is 2.02. The lowest BCUT2D eigenvalue weighted by molar-refractivity contribution is 0.746. The van der Waals surface area contributed by atoms with Crippen LogP contribution in [0.4, 0.5) is 11.6 Å². The second-order valence-corrected chi connectivity index (χ2v) is 5.52. The highest BCUT2D eigenvalue weighted by Gasteiger charge is 2.08. The molecule has 0 amide bonds. The molecule has 0 saturated carbocycles. The third-order valence-corrected chi connectivity index (χ3v) is 3.70. The van der Waals surface area contributed by atoms with E-state index in [0.29, 0.717) is 0 Å². The average molecular weight is 282 g/mol. The maximum absolute atomic E-state index is 4.37. The van der Waals surface area contributed by atoms with Crippen molar-refractivity contribution in [2.75, 3.05) is 36.2 Å². The van der Waals surface area contributed by atoms with Gasteiger partial charge >= 0.3 is 0 Å². The van der Waals surface area contributed by atoms with Crippen molar-refractivity contribution in [3.05, 3.63) is 11.9 Å². The molecule has 0 aliphatic rings. The van der Waals surface area contributed by atoms with Gasteiger partial charge in [0, 0.05) is 19.2 Å². The van der Waals surface area contributed by atoms with Gasteiger partial charge in [-0.15, -0.1) is 0 Å². The summed E-state index contributed by atoms with van der Waals surface area (Å²) in [5.74, 6) is 3.20. The number of unbranched alkanes of at least 4 members (excludes halogenated alkanes) is 2. The van der Waals surface area contributed by atoms with Crippen molar-refractivity contribution >= 4 is 23.4 Å². The first-order valence-corrected chi connectivity index (χ1v) is 8.47. The smallest absolute Gasteiger partial charge is 0.134 e. The molecule has 19 heavy (non-hydrogen) atoms. The predicted molar refractivity (Wildman–Crippen MR) is 86.3 cm³/mol. The minimum Gasteiger partial charge on any atom is -0.373 e. The Balaban J connectivity index is 2.47. The number of nitrogens with zero attached hydrogens (tertiary/aromatic N) is 2. The van der Waals surface area contributed by atoms with E-state index in [-0.39, 0.29) is 0 Å². The van der Waals surface area contributed by atoms with E-state index in [9.17, 15) is 0 Å². The maximum Gasteiger partial charge on any atom is 0.134 e. The summed E-state index contributed by atoms with van der Waals surface area (Å²) in [4.78, 5) is 8.65. The monoisotopic (exact) mass is 282 g/mol. The van der Waals surface area contributed by atoms with Gasteiger partial charge < -0.3 is 10.6 Å². The lowest BCUT2D eigenvalue weighted by Gasteiger charge is -2.13. The van der Waals surface area contributed by atoms with Crippen molar-refractivity contribution in [2.24, 2.45) is 0 Å². The number of nitrogens with one attached hydrogen (secondary N) is 2. The van der Waals surface area contributed by atoms with Crippen molar-refractivity contribution in [2.45, 2.75) is 39.0 Å². The minimum atomic E-state index is 0.946. The van der Waals surface area contributed by atoms with E-state index in [1.807, 2.05) is 18.8 Å². The van der Waals surface area contributed by atoms with Gasteiger partial charge in [-0.25, -0.2) is 9.97 Å². The summed E-state index contributed by atoms with van der Waals surface area (Å²) < 4.78 is 0. The topological polar surface area (TPSA) is 49.8 Å². The molecule has 108 valence electrons. The Labute approximate surface area is 121 Å². The average Bonchev–Trinajstić information content (AvgIpc) is 2.44. The fraction of sp³-hybridized carbons (Fsp3) is 0.714. The van der Waals surface area contributed by atoms with Gasteiger partial charge in [0.25, 0.3) is 0 Å². The first-order chi connectivity index (χ1) is 9.33. The summed E-state index contributed by atoms with van der Waals surface area (Å²) in [6, 6.07) is 0. The maximum atomic E-state index is 4.37. The van der Waals surface area contributed by atoms with Crippen LogP contribution in [0.2, 0.25) is 0 Å². The summed E-state index contributed by atoms with van der Waals surface area (Å²) in [5, 5.41) is 6.60.